The molecule has 3 N–H and O–H groups in total. The topological polar surface area (TPSA) is 61.4 Å². The first-order valence-corrected chi connectivity index (χ1v) is 10.3. The van der Waals surface area contributed by atoms with Gasteiger partial charge in [-0.3, -0.25) is 4.79 Å². The zero-order chi connectivity index (χ0) is 17.7. The fourth-order valence-electron chi connectivity index (χ4n) is 3.85. The summed E-state index contributed by atoms with van der Waals surface area (Å²) in [5.74, 6) is 0.906. The molecular weight excluding hydrogens is 400 g/mol. The minimum atomic E-state index is -0.418. The molecule has 1 aliphatic carbocycles. The Kier molecular flexibility index (Phi) is 4.28. The van der Waals surface area contributed by atoms with Gasteiger partial charge in [0.05, 0.1) is 5.56 Å². The van der Waals surface area contributed by atoms with Crippen molar-refractivity contribution >= 4 is 38.2 Å². The van der Waals surface area contributed by atoms with Crippen molar-refractivity contribution < 1.29 is 9.90 Å². The number of phenolic OH excluding ortho intramolecular Hbond substituents is 1. The van der Waals surface area contributed by atoms with E-state index in [0.717, 1.165) is 45.8 Å². The van der Waals surface area contributed by atoms with Gasteiger partial charge in [-0.1, -0.05) is 29.3 Å². The molecule has 2 aliphatic rings. The first-order valence-electron chi connectivity index (χ1n) is 8.68. The molecule has 2 heterocycles. The molecule has 4 rings (SSSR count). The molecule has 0 saturated heterocycles. The second-order valence-corrected chi connectivity index (χ2v) is 8.96. The van der Waals surface area contributed by atoms with Gasteiger partial charge < -0.3 is 15.7 Å². The Morgan fingerprint density at radius 1 is 1.36 bits per heavy atom. The number of carbonyl (C=O) groups excluding carboxylic acids is 1. The lowest BCUT2D eigenvalue weighted by Gasteiger charge is -2.28. The quantitative estimate of drug-likeness (QED) is 0.647. The van der Waals surface area contributed by atoms with E-state index in [0.29, 0.717) is 5.56 Å². The third-order valence-electron chi connectivity index (χ3n) is 5.33. The van der Waals surface area contributed by atoms with Gasteiger partial charge >= 0.3 is 0 Å². The van der Waals surface area contributed by atoms with E-state index in [1.54, 1.807) is 11.3 Å². The van der Waals surface area contributed by atoms with Crippen molar-refractivity contribution in [3.05, 3.63) is 43.7 Å². The third kappa shape index (κ3) is 2.85. The molecule has 25 heavy (non-hydrogen) atoms. The molecule has 0 unspecified atom stereocenters. The van der Waals surface area contributed by atoms with Gasteiger partial charge in [0.2, 0.25) is 0 Å². The number of aromatic hydroxyl groups is 1. The molecule has 0 saturated carbocycles. The highest BCUT2D eigenvalue weighted by atomic mass is 79.9. The van der Waals surface area contributed by atoms with Crippen LogP contribution < -0.4 is 10.6 Å². The van der Waals surface area contributed by atoms with Crippen LogP contribution in [0.5, 0.6) is 5.75 Å². The summed E-state index contributed by atoms with van der Waals surface area (Å²) in [6.45, 7) is 4.09. The molecule has 0 bridgehead atoms. The van der Waals surface area contributed by atoms with Crippen molar-refractivity contribution in [2.45, 2.75) is 45.7 Å². The lowest BCUT2D eigenvalue weighted by Crippen LogP contribution is -2.38. The molecule has 1 aliphatic heterocycles. The summed E-state index contributed by atoms with van der Waals surface area (Å²) in [5.41, 5.74) is 3.51. The van der Waals surface area contributed by atoms with Crippen LogP contribution >= 0.6 is 27.3 Å². The average molecular weight is 421 g/mol. The molecule has 4 nitrogen and oxygen atoms in total. The molecule has 6 heteroatoms. The highest BCUT2D eigenvalue weighted by molar-refractivity contribution is 9.10. The summed E-state index contributed by atoms with van der Waals surface area (Å²) in [6.07, 6.45) is 3.99. The molecule has 2 atom stereocenters. The van der Waals surface area contributed by atoms with Crippen LogP contribution in [0.4, 0.5) is 5.00 Å². The van der Waals surface area contributed by atoms with Crippen molar-refractivity contribution in [1.82, 2.24) is 5.32 Å². The smallest absolute Gasteiger partial charge is 0.256 e. The van der Waals surface area contributed by atoms with Gasteiger partial charge in [-0.05, 0) is 55.4 Å². The van der Waals surface area contributed by atoms with Gasteiger partial charge in [-0.15, -0.1) is 11.3 Å². The largest absolute Gasteiger partial charge is 0.507 e. The highest BCUT2D eigenvalue weighted by Gasteiger charge is 2.34. The summed E-state index contributed by atoms with van der Waals surface area (Å²) >= 11 is 5.18. The van der Waals surface area contributed by atoms with Crippen LogP contribution in [-0.2, 0) is 12.8 Å². The van der Waals surface area contributed by atoms with E-state index in [1.807, 2.05) is 19.1 Å². The Morgan fingerprint density at radius 3 is 2.92 bits per heavy atom. The Morgan fingerprint density at radius 2 is 2.16 bits per heavy atom. The number of aryl methyl sites for hydroxylation is 1. The number of benzene rings is 1. The van der Waals surface area contributed by atoms with E-state index >= 15 is 0 Å². The predicted octanol–water partition coefficient (Wildman–Crippen LogP) is 4.89. The lowest BCUT2D eigenvalue weighted by molar-refractivity contribution is 0.0934. The number of hydrogen-bond donors (Lipinski definition) is 3. The lowest BCUT2D eigenvalue weighted by atomic mass is 9.85. The molecular formula is C19H21BrN2O2S. The van der Waals surface area contributed by atoms with Crippen LogP contribution in [0, 0.1) is 12.8 Å². The number of amides is 1. The van der Waals surface area contributed by atoms with E-state index in [9.17, 15) is 9.90 Å². The number of phenols is 1. The minimum Gasteiger partial charge on any atom is -0.507 e. The van der Waals surface area contributed by atoms with Crippen molar-refractivity contribution in [3.63, 3.8) is 0 Å². The molecule has 132 valence electrons. The highest BCUT2D eigenvalue weighted by Crippen LogP contribution is 2.44. The van der Waals surface area contributed by atoms with Crippen LogP contribution in [0.2, 0.25) is 0 Å². The minimum absolute atomic E-state index is 0.0387. The Balaban J connectivity index is 1.71. The maximum atomic E-state index is 12.8. The number of thiophene rings is 1. The van der Waals surface area contributed by atoms with E-state index in [-0.39, 0.29) is 11.7 Å². The van der Waals surface area contributed by atoms with Crippen LogP contribution in [-0.4, -0.2) is 11.0 Å². The number of hydrogen-bond acceptors (Lipinski definition) is 4. The molecule has 1 aromatic carbocycles. The number of rotatable bonds is 2. The first-order chi connectivity index (χ1) is 12.0. The fourth-order valence-corrected chi connectivity index (χ4v) is 5.83. The predicted molar refractivity (Wildman–Crippen MR) is 104 cm³/mol. The first kappa shape index (κ1) is 16.9. The molecule has 0 radical (unpaired) electrons. The summed E-state index contributed by atoms with van der Waals surface area (Å²) in [6, 6.07) is 3.72. The van der Waals surface area contributed by atoms with Crippen molar-refractivity contribution in [3.8, 4) is 5.75 Å². The SMILES string of the molecule is CC[C@@H]1CCc2c(sc3c2C(=O)N[C@@H](c2cc(Br)cc(C)c2O)N3)C1. The molecule has 1 amide bonds. The van der Waals surface area contributed by atoms with E-state index in [2.05, 4.69) is 33.5 Å². The van der Waals surface area contributed by atoms with Crippen molar-refractivity contribution in [2.24, 2.45) is 5.92 Å². The van der Waals surface area contributed by atoms with Gasteiger partial charge in [-0.25, -0.2) is 0 Å². The van der Waals surface area contributed by atoms with Gasteiger partial charge in [0, 0.05) is 14.9 Å². The molecule has 2 aromatic rings. The summed E-state index contributed by atoms with van der Waals surface area (Å²) in [4.78, 5) is 14.1. The zero-order valence-corrected chi connectivity index (χ0v) is 16.7. The molecule has 0 spiro atoms. The second kappa shape index (κ2) is 6.32. The van der Waals surface area contributed by atoms with E-state index in [4.69, 9.17) is 0 Å². The summed E-state index contributed by atoms with van der Waals surface area (Å²) in [5, 5.41) is 17.8. The maximum Gasteiger partial charge on any atom is 0.256 e. The van der Waals surface area contributed by atoms with Crippen LogP contribution in [0.1, 0.15) is 57.9 Å². The van der Waals surface area contributed by atoms with Crippen LogP contribution in [0.3, 0.4) is 0 Å². The molecule has 1 aromatic heterocycles. The van der Waals surface area contributed by atoms with Crippen molar-refractivity contribution in [2.75, 3.05) is 5.32 Å². The standard InChI is InChI=1S/C19H21BrN2O2S/c1-3-10-4-5-12-14(7-10)25-19-15(12)18(24)21-17(22-19)13-8-11(20)6-9(2)16(13)23/h6,8,10,17,22-23H,3-5,7H2,1-2H3,(H,21,24)/t10-,17-/m1/s1. The van der Waals surface area contributed by atoms with Crippen molar-refractivity contribution in [1.29, 1.82) is 0 Å². The number of halogens is 1. The van der Waals surface area contributed by atoms with E-state index < -0.39 is 6.17 Å². The van der Waals surface area contributed by atoms with Gasteiger partial charge in [0.15, 0.2) is 0 Å². The van der Waals surface area contributed by atoms with E-state index in [1.165, 1.54) is 16.9 Å². The van der Waals surface area contributed by atoms with Gasteiger partial charge in [-0.2, -0.15) is 0 Å². The Hall–Kier alpha value is -1.53. The normalized spacial score (nSPS) is 22.0. The Bertz CT molecular complexity index is 862. The number of fused-ring (bicyclic) bond motifs is 3. The summed E-state index contributed by atoms with van der Waals surface area (Å²) in [7, 11) is 0. The van der Waals surface area contributed by atoms with Crippen LogP contribution in [0.25, 0.3) is 0 Å². The van der Waals surface area contributed by atoms with Gasteiger partial charge in [0.25, 0.3) is 5.91 Å². The zero-order valence-electron chi connectivity index (χ0n) is 14.3. The number of carbonyl (C=O) groups is 1. The maximum absolute atomic E-state index is 12.8. The monoisotopic (exact) mass is 420 g/mol. The molecule has 0 fully saturated rings. The van der Waals surface area contributed by atoms with Crippen LogP contribution in [0.15, 0.2) is 16.6 Å². The summed E-state index contributed by atoms with van der Waals surface area (Å²) < 4.78 is 0.885. The number of nitrogens with one attached hydrogen (secondary N) is 2. The third-order valence-corrected chi connectivity index (χ3v) is 6.97. The number of anilines is 1. The fraction of sp³-hybridized carbons (Fsp3) is 0.421. The average Bonchev–Trinajstić information content (AvgIpc) is 2.95. The van der Waals surface area contributed by atoms with Gasteiger partial charge in [0.1, 0.15) is 16.9 Å². The second-order valence-electron chi connectivity index (χ2n) is 6.94. The Labute approximate surface area is 159 Å².